The lowest BCUT2D eigenvalue weighted by Crippen LogP contribution is -2.44. The first kappa shape index (κ1) is 21.9. The third-order valence-electron chi connectivity index (χ3n) is 5.67. The normalized spacial score (nSPS) is 17.6. The Morgan fingerprint density at radius 2 is 1.90 bits per heavy atom. The van der Waals surface area contributed by atoms with Crippen LogP contribution in [0.4, 0.5) is 0 Å². The Hall–Kier alpha value is -2.82. The summed E-state index contributed by atoms with van der Waals surface area (Å²) in [5.74, 6) is 0.615. The van der Waals surface area contributed by atoms with Crippen molar-refractivity contribution in [3.63, 3.8) is 0 Å². The monoisotopic (exact) mass is 407 g/mol. The summed E-state index contributed by atoms with van der Waals surface area (Å²) in [5.41, 5.74) is 2.28. The minimum atomic E-state index is -0.0356. The van der Waals surface area contributed by atoms with Crippen LogP contribution in [0.15, 0.2) is 61.3 Å². The van der Waals surface area contributed by atoms with Crippen molar-refractivity contribution in [3.8, 4) is 0 Å². The summed E-state index contributed by atoms with van der Waals surface area (Å²) < 4.78 is 2.03. The molecule has 0 radical (unpaired) electrons. The molecule has 3 rings (SSSR count). The number of hydrogen-bond donors (Lipinski definition) is 0. The molecular weight excluding hydrogens is 374 g/mol. The fraction of sp³-hybridized carbons (Fsp3) is 0.440. The molecule has 0 bridgehead atoms. The first-order chi connectivity index (χ1) is 14.4. The second-order valence-corrected chi connectivity index (χ2v) is 8.65. The van der Waals surface area contributed by atoms with Gasteiger partial charge in [0.1, 0.15) is 6.54 Å². The van der Waals surface area contributed by atoms with E-state index in [1.165, 1.54) is 5.56 Å². The van der Waals surface area contributed by atoms with E-state index in [1.54, 1.807) is 11.0 Å². The summed E-state index contributed by atoms with van der Waals surface area (Å²) in [6.07, 6.45) is 4.54. The van der Waals surface area contributed by atoms with Gasteiger partial charge in [0.2, 0.25) is 11.8 Å². The summed E-state index contributed by atoms with van der Waals surface area (Å²) in [6.45, 7) is 9.70. The van der Waals surface area contributed by atoms with Crippen molar-refractivity contribution in [2.24, 2.45) is 18.9 Å². The van der Waals surface area contributed by atoms with Gasteiger partial charge < -0.3 is 14.4 Å². The number of hydrogen-bond acceptors (Lipinski definition) is 2. The third-order valence-corrected chi connectivity index (χ3v) is 5.67. The van der Waals surface area contributed by atoms with E-state index in [1.807, 2.05) is 53.0 Å². The Kier molecular flexibility index (Phi) is 7.14. The molecule has 0 spiro atoms. The molecule has 2 aromatic rings. The van der Waals surface area contributed by atoms with Gasteiger partial charge >= 0.3 is 0 Å². The van der Waals surface area contributed by atoms with Crippen molar-refractivity contribution >= 4 is 11.8 Å². The van der Waals surface area contributed by atoms with Crippen LogP contribution in [-0.2, 0) is 23.2 Å². The standard InChI is InChI=1S/C25H33N3O2/c1-5-13-27(25(30)23-15-22(23)20-10-7-6-8-11-20)18-24(29)28(16-19(2)3)17-21-12-9-14-26(21)4/h5-12,14,19,22-23H,1,13,15-18H2,2-4H3. The first-order valence-electron chi connectivity index (χ1n) is 10.7. The lowest BCUT2D eigenvalue weighted by molar-refractivity contribution is -0.141. The van der Waals surface area contributed by atoms with Crippen molar-refractivity contribution in [1.82, 2.24) is 14.4 Å². The highest BCUT2D eigenvalue weighted by molar-refractivity contribution is 5.88. The maximum atomic E-state index is 13.2. The summed E-state index contributed by atoms with van der Waals surface area (Å²) in [6, 6.07) is 14.2. The van der Waals surface area contributed by atoms with E-state index in [-0.39, 0.29) is 30.2 Å². The SMILES string of the molecule is C=CCN(CC(=O)N(Cc1cccn1C)CC(C)C)C(=O)C1CC1c1ccccc1. The number of aromatic nitrogens is 1. The highest BCUT2D eigenvalue weighted by atomic mass is 16.2. The summed E-state index contributed by atoms with van der Waals surface area (Å²) in [7, 11) is 1.98. The van der Waals surface area contributed by atoms with Crippen molar-refractivity contribution in [2.75, 3.05) is 19.6 Å². The molecule has 0 N–H and O–H groups in total. The number of amides is 2. The van der Waals surface area contributed by atoms with Crippen LogP contribution in [0, 0.1) is 11.8 Å². The molecule has 160 valence electrons. The van der Waals surface area contributed by atoms with Crippen molar-refractivity contribution in [1.29, 1.82) is 0 Å². The van der Waals surface area contributed by atoms with Crippen LogP contribution in [0.25, 0.3) is 0 Å². The van der Waals surface area contributed by atoms with E-state index in [4.69, 9.17) is 0 Å². The molecule has 1 saturated carbocycles. The summed E-state index contributed by atoms with van der Waals surface area (Å²) in [5, 5.41) is 0. The molecule has 2 atom stereocenters. The van der Waals surface area contributed by atoms with Gasteiger partial charge in [-0.1, -0.05) is 50.3 Å². The number of nitrogens with zero attached hydrogens (tertiary/aromatic N) is 3. The van der Waals surface area contributed by atoms with Gasteiger partial charge in [-0.25, -0.2) is 0 Å². The summed E-state index contributed by atoms with van der Waals surface area (Å²) >= 11 is 0. The molecule has 2 amide bonds. The van der Waals surface area contributed by atoms with E-state index in [0.717, 1.165) is 12.1 Å². The molecule has 30 heavy (non-hydrogen) atoms. The molecule has 0 saturated heterocycles. The molecule has 1 aliphatic carbocycles. The number of rotatable bonds is 10. The minimum absolute atomic E-state index is 0.0167. The molecule has 5 nitrogen and oxygen atoms in total. The number of carbonyl (C=O) groups excluding carboxylic acids is 2. The Balaban J connectivity index is 1.67. The van der Waals surface area contributed by atoms with Crippen LogP contribution in [0.1, 0.15) is 37.4 Å². The zero-order valence-corrected chi connectivity index (χ0v) is 18.3. The molecule has 1 aliphatic rings. The highest BCUT2D eigenvalue weighted by Gasteiger charge is 2.45. The third kappa shape index (κ3) is 5.41. The quantitative estimate of drug-likeness (QED) is 0.562. The van der Waals surface area contributed by atoms with Gasteiger partial charge in [0.15, 0.2) is 0 Å². The van der Waals surface area contributed by atoms with Gasteiger partial charge in [-0.2, -0.15) is 0 Å². The topological polar surface area (TPSA) is 45.6 Å². The second-order valence-electron chi connectivity index (χ2n) is 8.65. The Morgan fingerprint density at radius 3 is 2.50 bits per heavy atom. The maximum absolute atomic E-state index is 13.2. The van der Waals surface area contributed by atoms with E-state index in [9.17, 15) is 9.59 Å². The van der Waals surface area contributed by atoms with Crippen molar-refractivity contribution in [2.45, 2.75) is 32.7 Å². The van der Waals surface area contributed by atoms with Gasteiger partial charge in [-0.15, -0.1) is 6.58 Å². The van der Waals surface area contributed by atoms with Gasteiger partial charge in [0, 0.05) is 37.9 Å². The number of aryl methyl sites for hydroxylation is 1. The molecule has 1 heterocycles. The van der Waals surface area contributed by atoms with Crippen LogP contribution in [-0.4, -0.2) is 45.8 Å². The van der Waals surface area contributed by atoms with E-state index < -0.39 is 0 Å². The van der Waals surface area contributed by atoms with Crippen LogP contribution in [0.5, 0.6) is 0 Å². The molecular formula is C25H33N3O2. The molecule has 1 fully saturated rings. The lowest BCUT2D eigenvalue weighted by Gasteiger charge is -2.28. The average Bonchev–Trinajstić information content (AvgIpc) is 3.43. The zero-order valence-electron chi connectivity index (χ0n) is 18.3. The first-order valence-corrected chi connectivity index (χ1v) is 10.7. The van der Waals surface area contributed by atoms with E-state index >= 15 is 0 Å². The van der Waals surface area contributed by atoms with Gasteiger partial charge in [-0.3, -0.25) is 9.59 Å². The maximum Gasteiger partial charge on any atom is 0.242 e. The van der Waals surface area contributed by atoms with Gasteiger partial charge in [0.25, 0.3) is 0 Å². The molecule has 5 heteroatoms. The average molecular weight is 408 g/mol. The molecule has 1 aromatic carbocycles. The predicted molar refractivity (Wildman–Crippen MR) is 120 cm³/mol. The van der Waals surface area contributed by atoms with Crippen LogP contribution < -0.4 is 0 Å². The molecule has 0 aliphatic heterocycles. The van der Waals surface area contributed by atoms with Crippen LogP contribution in [0.3, 0.4) is 0 Å². The molecule has 2 unspecified atom stereocenters. The lowest BCUT2D eigenvalue weighted by atomic mass is 10.1. The van der Waals surface area contributed by atoms with E-state index in [2.05, 4.69) is 32.6 Å². The van der Waals surface area contributed by atoms with Crippen LogP contribution in [0.2, 0.25) is 0 Å². The fourth-order valence-electron chi connectivity index (χ4n) is 3.97. The largest absolute Gasteiger partial charge is 0.353 e. The van der Waals surface area contributed by atoms with Crippen LogP contribution >= 0.6 is 0 Å². The Labute approximate surface area is 180 Å². The predicted octanol–water partition coefficient (Wildman–Crippen LogP) is 3.83. The van der Waals surface area contributed by atoms with Gasteiger partial charge in [0.05, 0.1) is 6.54 Å². The van der Waals surface area contributed by atoms with Crippen molar-refractivity contribution in [3.05, 3.63) is 72.6 Å². The number of carbonyl (C=O) groups is 2. The van der Waals surface area contributed by atoms with Gasteiger partial charge in [-0.05, 0) is 36.0 Å². The van der Waals surface area contributed by atoms with Crippen molar-refractivity contribution < 1.29 is 9.59 Å². The fourth-order valence-corrected chi connectivity index (χ4v) is 3.97. The minimum Gasteiger partial charge on any atom is -0.353 e. The van der Waals surface area contributed by atoms with E-state index in [0.29, 0.717) is 25.6 Å². The second kappa shape index (κ2) is 9.79. The number of benzene rings is 1. The smallest absolute Gasteiger partial charge is 0.242 e. The zero-order chi connectivity index (χ0) is 21.7. The Bertz CT molecular complexity index is 872. The summed E-state index contributed by atoms with van der Waals surface area (Å²) in [4.78, 5) is 29.9. The Morgan fingerprint density at radius 1 is 1.17 bits per heavy atom. The highest BCUT2D eigenvalue weighted by Crippen LogP contribution is 2.48. The molecule has 1 aromatic heterocycles.